The van der Waals surface area contributed by atoms with E-state index >= 15 is 0 Å². The number of nitrogens with two attached hydrogens (primary N) is 1. The molecule has 6 heteroatoms. The first-order valence-electron chi connectivity index (χ1n) is 8.19. The first-order valence-corrected chi connectivity index (χ1v) is 8.19. The zero-order valence-electron chi connectivity index (χ0n) is 14.1. The average molecular weight is 342 g/mol. The summed E-state index contributed by atoms with van der Waals surface area (Å²) < 4.78 is 11.3. The third kappa shape index (κ3) is 4.10. The Kier molecular flexibility index (Phi) is 5.21. The summed E-state index contributed by atoms with van der Waals surface area (Å²) in [6.45, 7) is -0.172. The first-order chi connectivity index (χ1) is 12.1. The van der Waals surface area contributed by atoms with E-state index in [1.807, 2.05) is 42.5 Å². The normalized spacial score (nSPS) is 20.4. The highest BCUT2D eigenvalue weighted by atomic mass is 16.5. The summed E-state index contributed by atoms with van der Waals surface area (Å²) in [5, 5.41) is 12.4. The highest BCUT2D eigenvalue weighted by Crippen LogP contribution is 2.33. The summed E-state index contributed by atoms with van der Waals surface area (Å²) in [6, 6.07) is 11.9. The van der Waals surface area contributed by atoms with Gasteiger partial charge in [-0.15, -0.1) is 0 Å². The van der Waals surface area contributed by atoms with Crippen molar-refractivity contribution in [3.05, 3.63) is 53.6 Å². The van der Waals surface area contributed by atoms with Crippen molar-refractivity contribution in [3.63, 3.8) is 0 Å². The zero-order valence-corrected chi connectivity index (χ0v) is 14.1. The molecule has 132 valence electrons. The van der Waals surface area contributed by atoms with Gasteiger partial charge in [-0.2, -0.15) is 0 Å². The maximum absolute atomic E-state index is 12.3. The highest BCUT2D eigenvalue weighted by Gasteiger charge is 2.20. The Morgan fingerprint density at radius 2 is 1.92 bits per heavy atom. The maximum atomic E-state index is 12.3. The SMILES string of the molecule is COc1ccc2cc1Oc1ccc(cc1)C[C@H](N)C(=O)N[C@H](CO)C2. The number of benzene rings is 2. The molecule has 4 bridgehead atoms. The molecular formula is C19H22N2O4. The fourth-order valence-corrected chi connectivity index (χ4v) is 2.85. The summed E-state index contributed by atoms with van der Waals surface area (Å²) in [6.07, 6.45) is 0.881. The van der Waals surface area contributed by atoms with Crippen LogP contribution in [0.3, 0.4) is 0 Å². The number of carbonyl (C=O) groups is 1. The summed E-state index contributed by atoms with van der Waals surface area (Å²) in [5.74, 6) is 1.61. The highest BCUT2D eigenvalue weighted by molar-refractivity contribution is 5.82. The molecule has 25 heavy (non-hydrogen) atoms. The molecule has 0 radical (unpaired) electrons. The van der Waals surface area contributed by atoms with E-state index < -0.39 is 12.1 Å². The van der Waals surface area contributed by atoms with E-state index in [4.69, 9.17) is 15.2 Å². The van der Waals surface area contributed by atoms with Crippen LogP contribution in [0.4, 0.5) is 0 Å². The lowest BCUT2D eigenvalue weighted by molar-refractivity contribution is -0.123. The molecule has 0 saturated heterocycles. The topological polar surface area (TPSA) is 93.8 Å². The summed E-state index contributed by atoms with van der Waals surface area (Å²) >= 11 is 0. The Balaban J connectivity index is 2.00. The molecule has 2 aliphatic rings. The molecule has 4 N–H and O–H groups in total. The summed E-state index contributed by atoms with van der Waals surface area (Å²) in [5.41, 5.74) is 7.84. The van der Waals surface area contributed by atoms with Crippen molar-refractivity contribution in [2.45, 2.75) is 24.9 Å². The number of hydrogen-bond acceptors (Lipinski definition) is 5. The summed E-state index contributed by atoms with van der Waals surface area (Å²) in [7, 11) is 1.58. The molecule has 2 aromatic carbocycles. The minimum Gasteiger partial charge on any atom is -0.493 e. The number of methoxy groups -OCH3 is 1. The lowest BCUT2D eigenvalue weighted by atomic mass is 10.0. The predicted octanol–water partition coefficient (Wildman–Crippen LogP) is 1.39. The second-order valence-electron chi connectivity index (χ2n) is 6.13. The number of carbonyl (C=O) groups excluding carboxylic acids is 1. The second kappa shape index (κ2) is 7.55. The smallest absolute Gasteiger partial charge is 0.237 e. The minimum absolute atomic E-state index is 0.172. The molecule has 0 aromatic heterocycles. The van der Waals surface area contributed by atoms with E-state index in [-0.39, 0.29) is 12.5 Å². The van der Waals surface area contributed by atoms with Crippen molar-refractivity contribution in [3.8, 4) is 17.2 Å². The maximum Gasteiger partial charge on any atom is 0.237 e. The molecule has 2 aliphatic heterocycles. The van der Waals surface area contributed by atoms with Gasteiger partial charge in [0, 0.05) is 0 Å². The van der Waals surface area contributed by atoms with Crippen molar-refractivity contribution in [2.75, 3.05) is 13.7 Å². The van der Waals surface area contributed by atoms with Gasteiger partial charge in [0.25, 0.3) is 0 Å². The molecule has 0 fully saturated rings. The number of aliphatic hydroxyl groups excluding tert-OH is 1. The number of aliphatic hydroxyl groups is 1. The van der Waals surface area contributed by atoms with Crippen LogP contribution in [0.2, 0.25) is 0 Å². The van der Waals surface area contributed by atoms with Crippen LogP contribution in [0.5, 0.6) is 17.2 Å². The number of amides is 1. The average Bonchev–Trinajstić information content (AvgIpc) is 2.62. The van der Waals surface area contributed by atoms with Crippen molar-refractivity contribution in [2.24, 2.45) is 5.73 Å². The van der Waals surface area contributed by atoms with E-state index in [9.17, 15) is 9.90 Å². The van der Waals surface area contributed by atoms with Gasteiger partial charge in [-0.05, 0) is 48.2 Å². The monoisotopic (exact) mass is 342 g/mol. The van der Waals surface area contributed by atoms with Crippen LogP contribution in [-0.2, 0) is 17.6 Å². The Hall–Kier alpha value is -2.57. The molecule has 2 aromatic rings. The number of nitrogens with one attached hydrogen (secondary N) is 1. The third-order valence-corrected chi connectivity index (χ3v) is 4.22. The predicted molar refractivity (Wildman–Crippen MR) is 93.9 cm³/mol. The van der Waals surface area contributed by atoms with Crippen LogP contribution in [0, 0.1) is 0 Å². The van der Waals surface area contributed by atoms with E-state index in [1.54, 1.807) is 7.11 Å². The van der Waals surface area contributed by atoms with Crippen molar-refractivity contribution >= 4 is 5.91 Å². The Morgan fingerprint density at radius 1 is 1.20 bits per heavy atom. The van der Waals surface area contributed by atoms with Crippen LogP contribution in [-0.4, -0.2) is 36.8 Å². The molecule has 2 atom stereocenters. The Bertz CT molecular complexity index is 746. The lowest BCUT2D eigenvalue weighted by Crippen LogP contribution is -2.48. The van der Waals surface area contributed by atoms with Crippen molar-refractivity contribution < 1.29 is 19.4 Å². The number of fused-ring (bicyclic) bond motifs is 7. The Morgan fingerprint density at radius 3 is 2.60 bits per heavy atom. The fourth-order valence-electron chi connectivity index (χ4n) is 2.85. The standard InChI is InChI=1S/C19H22N2O4/c1-24-17-7-4-13-8-14(11-22)21-19(23)16(20)9-12-2-5-15(6-3-12)25-18(17)10-13/h2-7,10,14,16,22H,8-9,11,20H2,1H3,(H,21,23)/t14-,16-/m0/s1. The van der Waals surface area contributed by atoms with E-state index in [1.165, 1.54) is 0 Å². The Labute approximate surface area is 146 Å². The van der Waals surface area contributed by atoms with E-state index in [0.717, 1.165) is 11.1 Å². The zero-order chi connectivity index (χ0) is 17.8. The van der Waals surface area contributed by atoms with Gasteiger partial charge in [0.05, 0.1) is 25.8 Å². The van der Waals surface area contributed by atoms with Gasteiger partial charge in [0.15, 0.2) is 11.5 Å². The third-order valence-electron chi connectivity index (χ3n) is 4.22. The molecule has 4 rings (SSSR count). The van der Waals surface area contributed by atoms with E-state index in [2.05, 4.69) is 5.32 Å². The molecule has 0 unspecified atom stereocenters. The molecule has 0 aliphatic carbocycles. The first kappa shape index (κ1) is 17.3. The molecule has 6 nitrogen and oxygen atoms in total. The lowest BCUT2D eigenvalue weighted by Gasteiger charge is -2.21. The van der Waals surface area contributed by atoms with Gasteiger partial charge in [-0.1, -0.05) is 18.2 Å². The quantitative estimate of drug-likeness (QED) is 0.767. The minimum atomic E-state index is -0.671. The molecular weight excluding hydrogens is 320 g/mol. The van der Waals surface area contributed by atoms with Crippen molar-refractivity contribution in [1.29, 1.82) is 0 Å². The molecule has 1 amide bonds. The second-order valence-corrected chi connectivity index (χ2v) is 6.13. The number of ether oxygens (including phenoxy) is 2. The van der Waals surface area contributed by atoms with Gasteiger partial charge >= 0.3 is 0 Å². The van der Waals surface area contributed by atoms with Crippen LogP contribution in [0.25, 0.3) is 0 Å². The van der Waals surface area contributed by atoms with Crippen LogP contribution < -0.4 is 20.5 Å². The van der Waals surface area contributed by atoms with Gasteiger partial charge in [-0.3, -0.25) is 4.79 Å². The fraction of sp³-hybridized carbons (Fsp3) is 0.316. The molecule has 0 spiro atoms. The molecule has 2 heterocycles. The van der Waals surface area contributed by atoms with Gasteiger partial charge in [-0.25, -0.2) is 0 Å². The summed E-state index contributed by atoms with van der Waals surface area (Å²) in [4.78, 5) is 12.3. The largest absolute Gasteiger partial charge is 0.493 e. The number of rotatable bonds is 2. The van der Waals surface area contributed by atoms with Gasteiger partial charge < -0.3 is 25.6 Å². The number of hydrogen-bond donors (Lipinski definition) is 3. The van der Waals surface area contributed by atoms with Crippen LogP contribution in [0.15, 0.2) is 42.5 Å². The van der Waals surface area contributed by atoms with Gasteiger partial charge in [0.1, 0.15) is 5.75 Å². The van der Waals surface area contributed by atoms with Crippen LogP contribution >= 0.6 is 0 Å². The van der Waals surface area contributed by atoms with Gasteiger partial charge in [0.2, 0.25) is 5.91 Å². The van der Waals surface area contributed by atoms with E-state index in [0.29, 0.717) is 30.1 Å². The van der Waals surface area contributed by atoms with Crippen LogP contribution in [0.1, 0.15) is 11.1 Å². The van der Waals surface area contributed by atoms with Crippen molar-refractivity contribution in [1.82, 2.24) is 5.32 Å². The molecule has 0 saturated carbocycles.